The van der Waals surface area contributed by atoms with Gasteiger partial charge in [0.05, 0.1) is 13.7 Å². The maximum Gasteiger partial charge on any atom is 0.168 e. The van der Waals surface area contributed by atoms with Gasteiger partial charge in [-0.05, 0) is 59.4 Å². The summed E-state index contributed by atoms with van der Waals surface area (Å²) in [4.78, 5) is 0. The van der Waals surface area contributed by atoms with Crippen molar-refractivity contribution >= 4 is 0 Å². The first-order chi connectivity index (χ1) is 14.9. The molecule has 3 aromatic carbocycles. The van der Waals surface area contributed by atoms with Crippen molar-refractivity contribution in [3.63, 3.8) is 0 Å². The number of phenolic OH excluding ortho intramolecular Hbond substituents is 4. The van der Waals surface area contributed by atoms with Crippen molar-refractivity contribution in [3.05, 3.63) is 65.7 Å². The van der Waals surface area contributed by atoms with Crippen molar-refractivity contribution in [2.45, 2.75) is 18.6 Å². The first-order valence-electron chi connectivity index (χ1n) is 9.88. The Morgan fingerprint density at radius 2 is 1.58 bits per heavy atom. The number of rotatable bonds is 5. The second kappa shape index (κ2) is 8.37. The molecule has 7 heteroatoms. The van der Waals surface area contributed by atoms with Crippen molar-refractivity contribution in [1.82, 2.24) is 0 Å². The van der Waals surface area contributed by atoms with E-state index in [1.807, 2.05) is 0 Å². The van der Waals surface area contributed by atoms with E-state index in [1.165, 1.54) is 25.3 Å². The minimum absolute atomic E-state index is 0.00788. The largest absolute Gasteiger partial charge is 0.508 e. The molecule has 1 saturated heterocycles. The number of phenols is 4. The molecule has 3 unspecified atom stereocenters. The van der Waals surface area contributed by atoms with Crippen LogP contribution in [0.15, 0.2) is 54.6 Å². The van der Waals surface area contributed by atoms with Crippen molar-refractivity contribution in [2.24, 2.45) is 5.92 Å². The molecule has 0 aliphatic carbocycles. The molecule has 3 atom stereocenters. The third-order valence-corrected chi connectivity index (χ3v) is 5.67. The number of benzene rings is 3. The van der Waals surface area contributed by atoms with Gasteiger partial charge in [-0.15, -0.1) is 0 Å². The number of aliphatic hydroxyl groups is 1. The number of hydrogen-bond donors (Lipinski definition) is 5. The minimum atomic E-state index is -1.08. The second-order valence-electron chi connectivity index (χ2n) is 7.70. The smallest absolute Gasteiger partial charge is 0.168 e. The molecule has 31 heavy (non-hydrogen) atoms. The molecule has 0 amide bonds. The molecule has 1 heterocycles. The van der Waals surface area contributed by atoms with E-state index < -0.39 is 12.2 Å². The lowest BCUT2D eigenvalue weighted by molar-refractivity contribution is -0.0678. The monoisotopic (exact) mass is 424 g/mol. The first kappa shape index (κ1) is 20.8. The number of aliphatic hydroxyl groups excluding tert-OH is 1. The summed E-state index contributed by atoms with van der Waals surface area (Å²) in [5.74, 6) is -0.388. The summed E-state index contributed by atoms with van der Waals surface area (Å²) in [5.41, 5.74) is 2.87. The second-order valence-corrected chi connectivity index (χ2v) is 7.70. The van der Waals surface area contributed by atoms with Gasteiger partial charge in [0.1, 0.15) is 17.2 Å². The molecule has 1 fully saturated rings. The van der Waals surface area contributed by atoms with E-state index in [0.717, 1.165) is 11.1 Å². The third kappa shape index (κ3) is 4.10. The molecule has 1 aliphatic rings. The quantitative estimate of drug-likeness (QED) is 0.425. The zero-order valence-corrected chi connectivity index (χ0v) is 16.9. The van der Waals surface area contributed by atoms with Gasteiger partial charge < -0.3 is 35.0 Å². The van der Waals surface area contributed by atoms with E-state index in [9.17, 15) is 25.5 Å². The van der Waals surface area contributed by atoms with Gasteiger partial charge >= 0.3 is 0 Å². The molecule has 3 aromatic rings. The third-order valence-electron chi connectivity index (χ3n) is 5.67. The maximum atomic E-state index is 10.5. The van der Waals surface area contributed by atoms with Gasteiger partial charge in [-0.3, -0.25) is 0 Å². The Labute approximate surface area is 179 Å². The van der Waals surface area contributed by atoms with E-state index in [4.69, 9.17) is 9.47 Å². The summed E-state index contributed by atoms with van der Waals surface area (Å²) >= 11 is 0. The Morgan fingerprint density at radius 1 is 0.903 bits per heavy atom. The van der Waals surface area contributed by atoms with Gasteiger partial charge in [0, 0.05) is 17.5 Å². The van der Waals surface area contributed by atoms with Crippen molar-refractivity contribution in [2.75, 3.05) is 13.7 Å². The topological polar surface area (TPSA) is 120 Å². The molecular formula is C24H24O7. The molecule has 0 radical (unpaired) electrons. The predicted molar refractivity (Wildman–Crippen MR) is 113 cm³/mol. The summed E-state index contributed by atoms with van der Waals surface area (Å²) in [6.07, 6.45) is -0.604. The number of aromatic hydroxyl groups is 4. The Morgan fingerprint density at radius 3 is 2.23 bits per heavy atom. The number of hydrogen-bond acceptors (Lipinski definition) is 7. The number of ether oxygens (including phenoxy) is 2. The van der Waals surface area contributed by atoms with Crippen LogP contribution in [-0.2, 0) is 11.2 Å². The fourth-order valence-electron chi connectivity index (χ4n) is 4.31. The lowest BCUT2D eigenvalue weighted by atomic mass is 9.82. The van der Waals surface area contributed by atoms with Crippen molar-refractivity contribution in [1.29, 1.82) is 0 Å². The average Bonchev–Trinajstić information content (AvgIpc) is 3.09. The van der Waals surface area contributed by atoms with Gasteiger partial charge in [0.15, 0.2) is 17.8 Å². The fraction of sp³-hybridized carbons (Fsp3) is 0.250. The van der Waals surface area contributed by atoms with E-state index in [-0.39, 0.29) is 35.5 Å². The highest BCUT2D eigenvalue weighted by Gasteiger charge is 2.38. The molecule has 1 aliphatic heterocycles. The summed E-state index contributed by atoms with van der Waals surface area (Å²) in [5, 5.41) is 50.2. The molecular weight excluding hydrogens is 400 g/mol. The molecule has 0 saturated carbocycles. The SMILES string of the molecule is COc1c(O)ccc(CC2COC(O)C2c2cc(O)cc(O)c2)c1-c1ccc(O)cc1. The lowest BCUT2D eigenvalue weighted by Crippen LogP contribution is -2.20. The van der Waals surface area contributed by atoms with Gasteiger partial charge in [0.25, 0.3) is 0 Å². The molecule has 0 spiro atoms. The van der Waals surface area contributed by atoms with Gasteiger partial charge in [-0.25, -0.2) is 0 Å². The van der Waals surface area contributed by atoms with Crippen LogP contribution in [0.4, 0.5) is 0 Å². The molecule has 0 bridgehead atoms. The summed E-state index contributed by atoms with van der Waals surface area (Å²) in [6, 6.07) is 14.2. The Bertz CT molecular complexity index is 1060. The van der Waals surface area contributed by atoms with Gasteiger partial charge in [-0.2, -0.15) is 0 Å². The summed E-state index contributed by atoms with van der Waals surface area (Å²) in [6.45, 7) is 0.278. The van der Waals surface area contributed by atoms with Crippen LogP contribution in [0.3, 0.4) is 0 Å². The highest BCUT2D eigenvalue weighted by Crippen LogP contribution is 2.45. The predicted octanol–water partition coefficient (Wildman–Crippen LogP) is 3.48. The van der Waals surface area contributed by atoms with Crippen LogP contribution in [0, 0.1) is 5.92 Å². The van der Waals surface area contributed by atoms with Crippen LogP contribution >= 0.6 is 0 Å². The maximum absolute atomic E-state index is 10.5. The Balaban J connectivity index is 1.75. The van der Waals surface area contributed by atoms with E-state index >= 15 is 0 Å². The van der Waals surface area contributed by atoms with Gasteiger partial charge in [0.2, 0.25) is 0 Å². The lowest BCUT2D eigenvalue weighted by Gasteiger charge is -2.23. The molecule has 5 N–H and O–H groups in total. The average molecular weight is 424 g/mol. The minimum Gasteiger partial charge on any atom is -0.508 e. The van der Waals surface area contributed by atoms with E-state index in [0.29, 0.717) is 23.3 Å². The van der Waals surface area contributed by atoms with E-state index in [1.54, 1.807) is 36.4 Å². The fourth-order valence-corrected chi connectivity index (χ4v) is 4.31. The van der Waals surface area contributed by atoms with Crippen LogP contribution in [0.2, 0.25) is 0 Å². The number of methoxy groups -OCH3 is 1. The van der Waals surface area contributed by atoms with E-state index in [2.05, 4.69) is 0 Å². The summed E-state index contributed by atoms with van der Waals surface area (Å²) in [7, 11) is 1.48. The molecule has 7 nitrogen and oxygen atoms in total. The van der Waals surface area contributed by atoms with Crippen LogP contribution in [0.25, 0.3) is 11.1 Å². The molecule has 0 aromatic heterocycles. The first-order valence-corrected chi connectivity index (χ1v) is 9.88. The zero-order valence-electron chi connectivity index (χ0n) is 16.9. The normalized spacial score (nSPS) is 20.6. The standard InChI is InChI=1S/C24H24O7/c1-30-23-20(28)7-4-14(21(23)13-2-5-17(25)6-3-13)8-16-12-31-24(29)22(16)15-9-18(26)11-19(27)10-15/h2-7,9-11,16,22,24-29H,8,12H2,1H3. The molecule has 4 rings (SSSR count). The van der Waals surface area contributed by atoms with Crippen LogP contribution in [0.5, 0.6) is 28.7 Å². The van der Waals surface area contributed by atoms with Gasteiger partial charge in [-0.1, -0.05) is 18.2 Å². The van der Waals surface area contributed by atoms with Crippen molar-refractivity contribution < 1.29 is 35.0 Å². The van der Waals surface area contributed by atoms with Crippen LogP contribution in [-0.4, -0.2) is 45.5 Å². The Kier molecular flexibility index (Phi) is 5.63. The zero-order chi connectivity index (χ0) is 22.1. The highest BCUT2D eigenvalue weighted by atomic mass is 16.6. The molecule has 162 valence electrons. The highest BCUT2D eigenvalue weighted by molar-refractivity contribution is 5.77. The Hall–Kier alpha value is -3.42. The van der Waals surface area contributed by atoms with Crippen molar-refractivity contribution in [3.8, 4) is 39.9 Å². The van der Waals surface area contributed by atoms with Crippen LogP contribution < -0.4 is 4.74 Å². The van der Waals surface area contributed by atoms with Crippen LogP contribution in [0.1, 0.15) is 17.0 Å². The summed E-state index contributed by atoms with van der Waals surface area (Å²) < 4.78 is 11.0.